The van der Waals surface area contributed by atoms with Crippen LogP contribution in [-0.4, -0.2) is 45.8 Å². The number of hydrogen-bond acceptors (Lipinski definition) is 5. The van der Waals surface area contributed by atoms with Crippen molar-refractivity contribution in [3.8, 4) is 23.0 Å². The first-order valence-corrected chi connectivity index (χ1v) is 7.79. The summed E-state index contributed by atoms with van der Waals surface area (Å²) in [5.41, 5.74) is 0.943. The van der Waals surface area contributed by atoms with Crippen molar-refractivity contribution < 1.29 is 23.7 Å². The summed E-state index contributed by atoms with van der Waals surface area (Å²) in [7, 11) is 6.50. The molecule has 1 amide bonds. The first kappa shape index (κ1) is 18.4. The number of benzene rings is 2. The Morgan fingerprint density at radius 1 is 0.880 bits per heavy atom. The first-order chi connectivity index (χ1) is 12.1. The third kappa shape index (κ3) is 5.04. The number of carbonyl (C=O) groups is 1. The minimum absolute atomic E-state index is 0.0316. The molecule has 0 saturated carbocycles. The minimum atomic E-state index is -0.120. The molecule has 6 nitrogen and oxygen atoms in total. The highest BCUT2D eigenvalue weighted by atomic mass is 16.5. The van der Waals surface area contributed by atoms with Gasteiger partial charge in [0.1, 0.15) is 11.5 Å². The van der Waals surface area contributed by atoms with Crippen molar-refractivity contribution >= 4 is 5.91 Å². The largest absolute Gasteiger partial charge is 0.497 e. The second-order valence-electron chi connectivity index (χ2n) is 5.40. The lowest BCUT2D eigenvalue weighted by molar-refractivity contribution is -0.132. The Kier molecular flexibility index (Phi) is 6.51. The molecule has 134 valence electrons. The van der Waals surface area contributed by atoms with E-state index in [9.17, 15) is 4.79 Å². The SMILES string of the molecule is COc1ccc(OCC(=O)N(C)Cc2ccc(OC)c(OC)c2)cc1. The maximum atomic E-state index is 12.2. The van der Waals surface area contributed by atoms with E-state index in [1.165, 1.54) is 0 Å². The van der Waals surface area contributed by atoms with Gasteiger partial charge >= 0.3 is 0 Å². The van der Waals surface area contributed by atoms with Gasteiger partial charge in [0.05, 0.1) is 21.3 Å². The molecule has 6 heteroatoms. The highest BCUT2D eigenvalue weighted by molar-refractivity contribution is 5.77. The Bertz CT molecular complexity index is 699. The second kappa shape index (κ2) is 8.82. The van der Waals surface area contributed by atoms with Crippen LogP contribution in [-0.2, 0) is 11.3 Å². The lowest BCUT2D eigenvalue weighted by atomic mass is 10.2. The van der Waals surface area contributed by atoms with E-state index in [4.69, 9.17) is 18.9 Å². The molecular weight excluding hydrogens is 322 g/mol. The molecule has 0 spiro atoms. The molecule has 2 aromatic rings. The highest BCUT2D eigenvalue weighted by Gasteiger charge is 2.12. The average molecular weight is 345 g/mol. The van der Waals surface area contributed by atoms with Gasteiger partial charge in [-0.3, -0.25) is 4.79 Å². The topological polar surface area (TPSA) is 57.2 Å². The van der Waals surface area contributed by atoms with Crippen molar-refractivity contribution in [2.75, 3.05) is 35.0 Å². The number of likely N-dealkylation sites (N-methyl/N-ethyl adjacent to an activating group) is 1. The zero-order chi connectivity index (χ0) is 18.2. The lowest BCUT2D eigenvalue weighted by Gasteiger charge is -2.18. The minimum Gasteiger partial charge on any atom is -0.497 e. The van der Waals surface area contributed by atoms with E-state index in [0.29, 0.717) is 23.8 Å². The van der Waals surface area contributed by atoms with Gasteiger partial charge in [0.15, 0.2) is 18.1 Å². The molecule has 0 radical (unpaired) electrons. The van der Waals surface area contributed by atoms with Gasteiger partial charge in [-0.05, 0) is 42.0 Å². The summed E-state index contributed by atoms with van der Waals surface area (Å²) < 4.78 is 21.1. The fourth-order valence-electron chi connectivity index (χ4n) is 2.27. The summed E-state index contributed by atoms with van der Waals surface area (Å²) >= 11 is 0. The predicted molar refractivity (Wildman–Crippen MR) is 94.5 cm³/mol. The molecule has 0 atom stereocenters. The molecule has 25 heavy (non-hydrogen) atoms. The van der Waals surface area contributed by atoms with Gasteiger partial charge < -0.3 is 23.8 Å². The third-order valence-corrected chi connectivity index (χ3v) is 3.72. The number of rotatable bonds is 8. The average Bonchev–Trinajstić information content (AvgIpc) is 2.66. The van der Waals surface area contributed by atoms with Crippen LogP contribution < -0.4 is 18.9 Å². The molecule has 2 rings (SSSR count). The van der Waals surface area contributed by atoms with Gasteiger partial charge in [-0.2, -0.15) is 0 Å². The fourth-order valence-corrected chi connectivity index (χ4v) is 2.27. The van der Waals surface area contributed by atoms with Gasteiger partial charge in [0, 0.05) is 13.6 Å². The molecular formula is C19H23NO5. The van der Waals surface area contributed by atoms with Crippen LogP contribution in [0.15, 0.2) is 42.5 Å². The Morgan fingerprint density at radius 3 is 2.12 bits per heavy atom. The fraction of sp³-hybridized carbons (Fsp3) is 0.316. The zero-order valence-electron chi connectivity index (χ0n) is 14.9. The van der Waals surface area contributed by atoms with Crippen LogP contribution in [0.1, 0.15) is 5.56 Å². The molecule has 0 fully saturated rings. The monoisotopic (exact) mass is 345 g/mol. The molecule has 0 saturated heterocycles. The summed E-state index contributed by atoms with van der Waals surface area (Å²) in [6, 6.07) is 12.7. The van der Waals surface area contributed by atoms with E-state index in [1.807, 2.05) is 18.2 Å². The number of methoxy groups -OCH3 is 3. The van der Waals surface area contributed by atoms with E-state index in [1.54, 1.807) is 57.5 Å². The van der Waals surface area contributed by atoms with Gasteiger partial charge in [-0.25, -0.2) is 0 Å². The van der Waals surface area contributed by atoms with E-state index in [0.717, 1.165) is 11.3 Å². The third-order valence-electron chi connectivity index (χ3n) is 3.72. The zero-order valence-corrected chi connectivity index (χ0v) is 14.9. The van der Waals surface area contributed by atoms with Gasteiger partial charge in [-0.15, -0.1) is 0 Å². The summed E-state index contributed by atoms with van der Waals surface area (Å²) in [5, 5.41) is 0. The maximum Gasteiger partial charge on any atom is 0.260 e. The molecule has 2 aromatic carbocycles. The van der Waals surface area contributed by atoms with E-state index >= 15 is 0 Å². The van der Waals surface area contributed by atoms with E-state index in [2.05, 4.69) is 0 Å². The number of nitrogens with zero attached hydrogens (tertiary/aromatic N) is 1. The van der Waals surface area contributed by atoms with Crippen LogP contribution in [0.5, 0.6) is 23.0 Å². The Balaban J connectivity index is 1.91. The van der Waals surface area contributed by atoms with Crippen molar-refractivity contribution in [2.24, 2.45) is 0 Å². The van der Waals surface area contributed by atoms with Crippen LogP contribution in [0.25, 0.3) is 0 Å². The molecule has 0 heterocycles. The number of carbonyl (C=O) groups excluding carboxylic acids is 1. The van der Waals surface area contributed by atoms with Crippen LogP contribution in [0.3, 0.4) is 0 Å². The van der Waals surface area contributed by atoms with Crippen molar-refractivity contribution in [1.29, 1.82) is 0 Å². The molecule has 0 aromatic heterocycles. The van der Waals surface area contributed by atoms with Crippen molar-refractivity contribution in [3.05, 3.63) is 48.0 Å². The smallest absolute Gasteiger partial charge is 0.260 e. The molecule has 0 bridgehead atoms. The first-order valence-electron chi connectivity index (χ1n) is 7.79. The molecule has 0 aliphatic rings. The number of hydrogen-bond donors (Lipinski definition) is 0. The van der Waals surface area contributed by atoms with E-state index in [-0.39, 0.29) is 12.5 Å². The van der Waals surface area contributed by atoms with Crippen LogP contribution in [0.2, 0.25) is 0 Å². The molecule has 0 aliphatic heterocycles. The van der Waals surface area contributed by atoms with Crippen LogP contribution >= 0.6 is 0 Å². The van der Waals surface area contributed by atoms with Crippen LogP contribution in [0.4, 0.5) is 0 Å². The highest BCUT2D eigenvalue weighted by Crippen LogP contribution is 2.28. The predicted octanol–water partition coefficient (Wildman–Crippen LogP) is 2.75. The number of ether oxygens (including phenoxy) is 4. The van der Waals surface area contributed by atoms with Crippen LogP contribution in [0, 0.1) is 0 Å². The molecule has 0 N–H and O–H groups in total. The summed E-state index contributed by atoms with van der Waals surface area (Å²) in [6.07, 6.45) is 0. The van der Waals surface area contributed by atoms with E-state index < -0.39 is 0 Å². The summed E-state index contributed by atoms with van der Waals surface area (Å²) in [5.74, 6) is 2.53. The Morgan fingerprint density at radius 2 is 1.52 bits per heavy atom. The Labute approximate surface area is 147 Å². The quantitative estimate of drug-likeness (QED) is 0.736. The van der Waals surface area contributed by atoms with Crippen molar-refractivity contribution in [2.45, 2.75) is 6.54 Å². The van der Waals surface area contributed by atoms with Gasteiger partial charge in [0.2, 0.25) is 0 Å². The van der Waals surface area contributed by atoms with Gasteiger partial charge in [0.25, 0.3) is 5.91 Å². The lowest BCUT2D eigenvalue weighted by Crippen LogP contribution is -2.30. The number of amides is 1. The second-order valence-corrected chi connectivity index (χ2v) is 5.40. The molecule has 0 aliphatic carbocycles. The van der Waals surface area contributed by atoms with Gasteiger partial charge in [-0.1, -0.05) is 6.07 Å². The van der Waals surface area contributed by atoms with Crippen molar-refractivity contribution in [1.82, 2.24) is 4.90 Å². The molecule has 0 unspecified atom stereocenters. The normalized spacial score (nSPS) is 10.1. The Hall–Kier alpha value is -2.89. The summed E-state index contributed by atoms with van der Waals surface area (Å²) in [4.78, 5) is 13.8. The standard InChI is InChI=1S/C19H23NO5/c1-20(12-14-5-10-17(23-3)18(11-14)24-4)19(21)13-25-16-8-6-15(22-2)7-9-16/h5-11H,12-13H2,1-4H3. The summed E-state index contributed by atoms with van der Waals surface area (Å²) in [6.45, 7) is 0.418. The van der Waals surface area contributed by atoms with Crippen molar-refractivity contribution in [3.63, 3.8) is 0 Å². The maximum absolute atomic E-state index is 12.2.